The van der Waals surface area contributed by atoms with Crippen LogP contribution in [0, 0.1) is 11.3 Å². The maximum atomic E-state index is 11.7. The molecule has 0 aliphatic rings. The fourth-order valence-electron chi connectivity index (χ4n) is 1.58. The molecule has 0 saturated carbocycles. The predicted octanol–water partition coefficient (Wildman–Crippen LogP) is 2.85. The van der Waals surface area contributed by atoms with Crippen LogP contribution >= 0.6 is 11.6 Å². The van der Waals surface area contributed by atoms with E-state index >= 15 is 0 Å². The molecular weight excluding hydrogens is 306 g/mol. The topological polar surface area (TPSA) is 99.9 Å². The Bertz CT molecular complexity index is 592. The summed E-state index contributed by atoms with van der Waals surface area (Å²) in [6, 6.07) is 1.96. The number of aryl methyl sites for hydroxylation is 1. The van der Waals surface area contributed by atoms with E-state index in [-0.39, 0.29) is 16.7 Å². The lowest BCUT2D eigenvalue weighted by atomic mass is 10.2. The summed E-state index contributed by atoms with van der Waals surface area (Å²) in [4.78, 5) is 19.9. The minimum atomic E-state index is -0.590. The van der Waals surface area contributed by atoms with Crippen molar-refractivity contribution in [2.24, 2.45) is 0 Å². The highest BCUT2D eigenvalue weighted by atomic mass is 35.5. The molecule has 0 bridgehead atoms. The van der Waals surface area contributed by atoms with Gasteiger partial charge in [-0.2, -0.15) is 5.26 Å². The maximum absolute atomic E-state index is 11.7. The third-order valence-corrected chi connectivity index (χ3v) is 2.75. The highest BCUT2D eigenvalue weighted by Gasteiger charge is 2.19. The average molecular weight is 326 g/mol. The SMILES string of the molecule is CCc1nc(C#N)c(NC(C)NC(=O)OC(C)(C)C)nc1Cl. The van der Waals surface area contributed by atoms with Crippen LogP contribution in [0.15, 0.2) is 0 Å². The maximum Gasteiger partial charge on any atom is 0.409 e. The molecule has 0 fully saturated rings. The number of amides is 1. The van der Waals surface area contributed by atoms with Gasteiger partial charge in [-0.15, -0.1) is 0 Å². The Balaban J connectivity index is 2.80. The number of alkyl carbamates (subject to hydrolysis) is 1. The van der Waals surface area contributed by atoms with E-state index in [1.54, 1.807) is 27.7 Å². The van der Waals surface area contributed by atoms with E-state index < -0.39 is 17.9 Å². The van der Waals surface area contributed by atoms with E-state index in [2.05, 4.69) is 20.6 Å². The molecule has 0 radical (unpaired) electrons. The minimum absolute atomic E-state index is 0.124. The lowest BCUT2D eigenvalue weighted by Crippen LogP contribution is -2.41. The van der Waals surface area contributed by atoms with Crippen molar-refractivity contribution in [2.45, 2.75) is 52.8 Å². The molecule has 22 heavy (non-hydrogen) atoms. The van der Waals surface area contributed by atoms with E-state index in [1.165, 1.54) is 0 Å². The molecule has 7 nitrogen and oxygen atoms in total. The number of carbonyl (C=O) groups is 1. The number of aromatic nitrogens is 2. The molecule has 0 aliphatic heterocycles. The smallest absolute Gasteiger partial charge is 0.409 e. The van der Waals surface area contributed by atoms with Crippen molar-refractivity contribution in [1.29, 1.82) is 5.26 Å². The summed E-state index contributed by atoms with van der Waals surface area (Å²) in [5.41, 5.74) is 0.0867. The third kappa shape index (κ3) is 5.37. The number of halogens is 1. The Hall–Kier alpha value is -2.07. The van der Waals surface area contributed by atoms with Crippen molar-refractivity contribution < 1.29 is 9.53 Å². The Kier molecular flexibility index (Phi) is 5.94. The first-order valence-corrected chi connectivity index (χ1v) is 7.26. The van der Waals surface area contributed by atoms with Gasteiger partial charge < -0.3 is 15.4 Å². The number of nitrogens with zero attached hydrogens (tertiary/aromatic N) is 3. The molecule has 0 aliphatic carbocycles. The average Bonchev–Trinajstić information content (AvgIpc) is 2.36. The van der Waals surface area contributed by atoms with E-state index in [0.29, 0.717) is 12.1 Å². The van der Waals surface area contributed by atoms with E-state index in [0.717, 1.165) is 0 Å². The van der Waals surface area contributed by atoms with Crippen molar-refractivity contribution in [3.63, 3.8) is 0 Å². The Morgan fingerprint density at radius 1 is 1.45 bits per heavy atom. The summed E-state index contributed by atoms with van der Waals surface area (Å²) in [5.74, 6) is 0.216. The molecule has 1 aromatic heterocycles. The van der Waals surface area contributed by atoms with Gasteiger partial charge >= 0.3 is 6.09 Å². The van der Waals surface area contributed by atoms with Crippen LogP contribution in [0.4, 0.5) is 10.6 Å². The summed E-state index contributed by atoms with van der Waals surface area (Å²) >= 11 is 6.00. The predicted molar refractivity (Wildman–Crippen MR) is 83.6 cm³/mol. The first-order valence-electron chi connectivity index (χ1n) is 6.88. The highest BCUT2D eigenvalue weighted by Crippen LogP contribution is 2.18. The zero-order valence-electron chi connectivity index (χ0n) is 13.3. The molecule has 2 N–H and O–H groups in total. The molecule has 1 aromatic rings. The molecule has 0 saturated heterocycles. The van der Waals surface area contributed by atoms with Crippen LogP contribution in [0.25, 0.3) is 0 Å². The largest absolute Gasteiger partial charge is 0.444 e. The Morgan fingerprint density at radius 3 is 2.59 bits per heavy atom. The van der Waals surface area contributed by atoms with Crippen LogP contribution in [0.5, 0.6) is 0 Å². The first-order chi connectivity index (χ1) is 10.2. The van der Waals surface area contributed by atoms with Gasteiger partial charge in [0.05, 0.1) is 5.69 Å². The van der Waals surface area contributed by atoms with Crippen molar-refractivity contribution in [2.75, 3.05) is 5.32 Å². The second-order valence-corrected chi connectivity index (χ2v) is 5.99. The van der Waals surface area contributed by atoms with Crippen LogP contribution in [0.1, 0.15) is 46.0 Å². The van der Waals surface area contributed by atoms with Crippen LogP contribution in [-0.2, 0) is 11.2 Å². The van der Waals surface area contributed by atoms with Crippen LogP contribution in [0.2, 0.25) is 5.15 Å². The zero-order valence-corrected chi connectivity index (χ0v) is 14.1. The Labute approximate surface area is 135 Å². The van der Waals surface area contributed by atoms with E-state index in [1.807, 2.05) is 13.0 Å². The van der Waals surface area contributed by atoms with Gasteiger partial charge in [-0.3, -0.25) is 0 Å². The van der Waals surface area contributed by atoms with Gasteiger partial charge in [-0.05, 0) is 34.1 Å². The molecule has 0 spiro atoms. The van der Waals surface area contributed by atoms with Crippen molar-refractivity contribution in [3.05, 3.63) is 16.5 Å². The number of hydrogen-bond acceptors (Lipinski definition) is 6. The summed E-state index contributed by atoms with van der Waals surface area (Å²) in [6.45, 7) is 8.87. The molecule has 1 unspecified atom stereocenters. The molecule has 120 valence electrons. The molecule has 1 amide bonds. The van der Waals surface area contributed by atoms with Gasteiger partial charge in [0, 0.05) is 0 Å². The van der Waals surface area contributed by atoms with Crippen LogP contribution in [0.3, 0.4) is 0 Å². The standard InChI is InChI=1S/C14H20ClN5O2/c1-6-9-11(15)20-12(10(7-16)19-9)17-8(2)18-13(21)22-14(3,4)5/h8H,6H2,1-5H3,(H,17,20)(H,18,21). The second kappa shape index (κ2) is 7.27. The van der Waals surface area contributed by atoms with E-state index in [9.17, 15) is 4.79 Å². The van der Waals surface area contributed by atoms with Crippen molar-refractivity contribution in [3.8, 4) is 6.07 Å². The molecule has 1 rings (SSSR count). The van der Waals surface area contributed by atoms with Crippen LogP contribution < -0.4 is 10.6 Å². The van der Waals surface area contributed by atoms with Gasteiger partial charge in [0.25, 0.3) is 0 Å². The summed E-state index contributed by atoms with van der Waals surface area (Å²) in [6.07, 6.45) is -0.512. The zero-order chi connectivity index (χ0) is 16.9. The normalized spacial score (nSPS) is 12.2. The van der Waals surface area contributed by atoms with Gasteiger partial charge in [-0.1, -0.05) is 18.5 Å². The van der Waals surface area contributed by atoms with Gasteiger partial charge in [0.15, 0.2) is 16.7 Å². The summed E-state index contributed by atoms with van der Waals surface area (Å²) in [7, 11) is 0. The number of anilines is 1. The fourth-order valence-corrected chi connectivity index (χ4v) is 1.84. The monoisotopic (exact) mass is 325 g/mol. The third-order valence-electron chi connectivity index (χ3n) is 2.45. The summed E-state index contributed by atoms with van der Waals surface area (Å²) < 4.78 is 5.15. The lowest BCUT2D eigenvalue weighted by molar-refractivity contribution is 0.0514. The fraction of sp³-hybridized carbons (Fsp3) is 0.571. The van der Waals surface area contributed by atoms with Gasteiger partial charge in [0.1, 0.15) is 17.8 Å². The first kappa shape index (κ1) is 18.0. The van der Waals surface area contributed by atoms with Crippen molar-refractivity contribution >= 4 is 23.5 Å². The number of nitriles is 1. The number of nitrogens with one attached hydrogen (secondary N) is 2. The molecule has 8 heteroatoms. The quantitative estimate of drug-likeness (QED) is 0.826. The lowest BCUT2D eigenvalue weighted by Gasteiger charge is -2.22. The highest BCUT2D eigenvalue weighted by molar-refractivity contribution is 6.30. The number of carbonyl (C=O) groups excluding carboxylic acids is 1. The van der Waals surface area contributed by atoms with Crippen LogP contribution in [-0.4, -0.2) is 27.8 Å². The molecular formula is C14H20ClN5O2. The Morgan fingerprint density at radius 2 is 2.09 bits per heavy atom. The molecule has 1 atom stereocenters. The molecule has 1 heterocycles. The molecule has 0 aromatic carbocycles. The van der Waals surface area contributed by atoms with Crippen molar-refractivity contribution in [1.82, 2.24) is 15.3 Å². The number of rotatable bonds is 4. The number of ether oxygens (including phenoxy) is 1. The second-order valence-electron chi connectivity index (χ2n) is 5.64. The summed E-state index contributed by atoms with van der Waals surface area (Å²) in [5, 5.41) is 14.8. The van der Waals surface area contributed by atoms with E-state index in [4.69, 9.17) is 21.6 Å². The minimum Gasteiger partial charge on any atom is -0.444 e. The van der Waals surface area contributed by atoms with Gasteiger partial charge in [0.2, 0.25) is 0 Å². The van der Waals surface area contributed by atoms with Gasteiger partial charge in [-0.25, -0.2) is 14.8 Å². The number of hydrogen-bond donors (Lipinski definition) is 2.